The number of nitrogens with zero attached hydrogens (tertiary/aromatic N) is 2. The van der Waals surface area contributed by atoms with Gasteiger partial charge in [0.25, 0.3) is 11.7 Å². The number of hydrogen-bond acceptors (Lipinski definition) is 6. The second-order valence-electron chi connectivity index (χ2n) is 8.07. The molecular formula is C22H20F6N2O5S. The number of fused-ring (bicyclic) bond motifs is 2. The van der Waals surface area contributed by atoms with Crippen LogP contribution in [-0.2, 0) is 11.3 Å². The Morgan fingerprint density at radius 2 is 1.53 bits per heavy atom. The van der Waals surface area contributed by atoms with Crippen molar-refractivity contribution in [1.29, 1.82) is 0 Å². The monoisotopic (exact) mass is 538 g/mol. The highest BCUT2D eigenvalue weighted by Gasteiger charge is 2.46. The van der Waals surface area contributed by atoms with E-state index in [0.717, 1.165) is 36.9 Å². The number of carbonyl (C=O) groups is 3. The number of amides is 1. The maximum absolute atomic E-state index is 12.8. The van der Waals surface area contributed by atoms with E-state index in [-0.39, 0.29) is 22.9 Å². The summed E-state index contributed by atoms with van der Waals surface area (Å²) in [7, 11) is 1.62. The van der Waals surface area contributed by atoms with E-state index >= 15 is 0 Å². The zero-order valence-electron chi connectivity index (χ0n) is 18.6. The molecule has 2 bridgehead atoms. The third-order valence-corrected chi connectivity index (χ3v) is 6.77. The number of alkyl halides is 6. The maximum Gasteiger partial charge on any atom is 0.490 e. The molecule has 0 aliphatic carbocycles. The van der Waals surface area contributed by atoms with Crippen LogP contribution in [0.2, 0.25) is 0 Å². The van der Waals surface area contributed by atoms with Crippen molar-refractivity contribution in [1.82, 2.24) is 9.80 Å². The molecule has 0 saturated carbocycles. The Hall–Kier alpha value is -3.13. The molecule has 4 rings (SSSR count). The fourth-order valence-corrected chi connectivity index (χ4v) is 4.94. The van der Waals surface area contributed by atoms with E-state index in [0.29, 0.717) is 17.9 Å². The second kappa shape index (κ2) is 10.5. The number of ketones is 1. The molecule has 2 atom stereocenters. The molecule has 2 aromatic rings. The van der Waals surface area contributed by atoms with Crippen molar-refractivity contribution in [3.05, 3.63) is 51.7 Å². The van der Waals surface area contributed by atoms with Crippen molar-refractivity contribution < 1.29 is 50.6 Å². The first-order valence-corrected chi connectivity index (χ1v) is 11.2. The molecule has 1 aromatic carbocycles. The van der Waals surface area contributed by atoms with Gasteiger partial charge in [-0.15, -0.1) is 11.3 Å². The molecule has 7 nitrogen and oxygen atoms in total. The molecular weight excluding hydrogens is 518 g/mol. The van der Waals surface area contributed by atoms with Gasteiger partial charge in [0, 0.05) is 31.7 Å². The molecule has 1 N–H and O–H groups in total. The van der Waals surface area contributed by atoms with Crippen molar-refractivity contribution in [3.8, 4) is 5.75 Å². The van der Waals surface area contributed by atoms with Crippen LogP contribution in [0.4, 0.5) is 26.3 Å². The van der Waals surface area contributed by atoms with Crippen LogP contribution in [0.3, 0.4) is 0 Å². The Balaban J connectivity index is 0.000000454. The van der Waals surface area contributed by atoms with E-state index < -0.39 is 29.0 Å². The van der Waals surface area contributed by atoms with Crippen LogP contribution in [-0.4, -0.2) is 77.2 Å². The van der Waals surface area contributed by atoms with E-state index in [9.17, 15) is 35.9 Å². The highest BCUT2D eigenvalue weighted by molar-refractivity contribution is 7.16. The molecule has 0 spiro atoms. The Labute approximate surface area is 204 Å². The predicted molar refractivity (Wildman–Crippen MR) is 115 cm³/mol. The minimum atomic E-state index is -5.08. The summed E-state index contributed by atoms with van der Waals surface area (Å²) in [6.45, 7) is 2.04. The number of ether oxygens (including phenoxy) is 1. The fraction of sp³-hybridized carbons (Fsp3) is 0.409. The summed E-state index contributed by atoms with van der Waals surface area (Å²) in [5, 5.41) is 7.12. The number of rotatable bonds is 5. The first kappa shape index (κ1) is 27.5. The van der Waals surface area contributed by atoms with Gasteiger partial charge in [-0.2, -0.15) is 26.3 Å². The van der Waals surface area contributed by atoms with Gasteiger partial charge in [0.05, 0.1) is 16.9 Å². The zero-order chi connectivity index (χ0) is 26.8. The highest BCUT2D eigenvalue weighted by atomic mass is 32.1. The third-order valence-electron chi connectivity index (χ3n) is 5.70. The van der Waals surface area contributed by atoms with E-state index in [1.807, 2.05) is 24.3 Å². The van der Waals surface area contributed by atoms with E-state index in [2.05, 4.69) is 4.90 Å². The van der Waals surface area contributed by atoms with Crippen LogP contribution in [0.1, 0.15) is 31.3 Å². The number of aliphatic carboxylic acids is 1. The number of halogens is 6. The molecule has 0 unspecified atom stereocenters. The maximum atomic E-state index is 12.8. The van der Waals surface area contributed by atoms with Gasteiger partial charge >= 0.3 is 18.3 Å². The SMILES string of the molecule is COc1ccc(CN2C[C@@H]3C[C@H]2CN3C(=O)c2ccc(C(=O)C(F)(F)F)s2)cc1.O=C(O)C(F)(F)F. The van der Waals surface area contributed by atoms with Crippen molar-refractivity contribution in [2.45, 2.75) is 37.4 Å². The van der Waals surface area contributed by atoms with E-state index in [4.69, 9.17) is 14.6 Å². The van der Waals surface area contributed by atoms with Gasteiger partial charge in [-0.05, 0) is 36.2 Å². The molecule has 2 aliphatic rings. The Bertz CT molecular complexity index is 1120. The van der Waals surface area contributed by atoms with Crippen LogP contribution >= 0.6 is 11.3 Å². The lowest BCUT2D eigenvalue weighted by molar-refractivity contribution is -0.192. The highest BCUT2D eigenvalue weighted by Crippen LogP contribution is 2.34. The van der Waals surface area contributed by atoms with Gasteiger partial charge in [0.1, 0.15) is 5.75 Å². The average Bonchev–Trinajstić information content (AvgIpc) is 3.54. The number of carboxylic acid groups (broad SMARTS) is 1. The lowest BCUT2D eigenvalue weighted by Crippen LogP contribution is -2.48. The standard InChI is InChI=1S/C20H19F3N2O3S.C2HF3O2/c1-28-15-4-2-12(3-5-15)9-24-10-14-8-13(24)11-25(14)19(27)17-7-6-16(29-17)18(26)20(21,22)23;3-2(4,5)1(6)7/h2-7,13-14H,8-11H2,1H3;(H,6,7)/t13-,14-;/m0./s1. The summed E-state index contributed by atoms with van der Waals surface area (Å²) in [4.78, 5) is 36.8. The predicted octanol–water partition coefficient (Wildman–Crippen LogP) is 4.23. The van der Waals surface area contributed by atoms with Gasteiger partial charge in [-0.1, -0.05) is 12.1 Å². The Kier molecular flexibility index (Phi) is 7.98. The first-order valence-electron chi connectivity index (χ1n) is 10.4. The minimum Gasteiger partial charge on any atom is -0.497 e. The van der Waals surface area contributed by atoms with Crippen LogP contribution in [0.15, 0.2) is 36.4 Å². The van der Waals surface area contributed by atoms with Crippen LogP contribution in [0.5, 0.6) is 5.75 Å². The van der Waals surface area contributed by atoms with Gasteiger partial charge in [-0.25, -0.2) is 4.79 Å². The summed E-state index contributed by atoms with van der Waals surface area (Å²) < 4.78 is 74.6. The first-order chi connectivity index (χ1) is 16.7. The zero-order valence-corrected chi connectivity index (χ0v) is 19.4. The fourth-order valence-electron chi connectivity index (χ4n) is 4.01. The van der Waals surface area contributed by atoms with Crippen molar-refractivity contribution in [2.75, 3.05) is 20.2 Å². The molecule has 196 valence electrons. The summed E-state index contributed by atoms with van der Waals surface area (Å²) in [5.41, 5.74) is 1.16. The van der Waals surface area contributed by atoms with Gasteiger partial charge in [0.2, 0.25) is 0 Å². The largest absolute Gasteiger partial charge is 0.497 e. The Morgan fingerprint density at radius 1 is 0.944 bits per heavy atom. The molecule has 2 saturated heterocycles. The number of carboxylic acids is 1. The molecule has 2 aliphatic heterocycles. The number of likely N-dealkylation sites (tertiary alicyclic amines) is 2. The van der Waals surface area contributed by atoms with Gasteiger partial charge < -0.3 is 14.7 Å². The summed E-state index contributed by atoms with van der Waals surface area (Å²) in [6, 6.07) is 10.5. The van der Waals surface area contributed by atoms with E-state index in [1.165, 1.54) is 6.07 Å². The van der Waals surface area contributed by atoms with E-state index in [1.54, 1.807) is 12.0 Å². The summed E-state index contributed by atoms with van der Waals surface area (Å²) >= 11 is 0.611. The number of carbonyl (C=O) groups excluding carboxylic acids is 2. The topological polar surface area (TPSA) is 87.2 Å². The molecule has 1 aromatic heterocycles. The van der Waals surface area contributed by atoms with Crippen molar-refractivity contribution >= 4 is 29.0 Å². The van der Waals surface area contributed by atoms with Crippen LogP contribution < -0.4 is 4.74 Å². The lowest BCUT2D eigenvalue weighted by atomic mass is 10.2. The summed E-state index contributed by atoms with van der Waals surface area (Å²) in [6.07, 6.45) is -9.17. The Morgan fingerprint density at radius 3 is 2.00 bits per heavy atom. The smallest absolute Gasteiger partial charge is 0.490 e. The third kappa shape index (κ3) is 6.35. The number of Topliss-reactive ketones (excluding diaryl/α,β-unsaturated/α-hetero) is 1. The van der Waals surface area contributed by atoms with Gasteiger partial charge in [-0.3, -0.25) is 14.5 Å². The average molecular weight is 538 g/mol. The molecule has 14 heteroatoms. The molecule has 2 fully saturated rings. The molecule has 36 heavy (non-hydrogen) atoms. The molecule has 3 heterocycles. The van der Waals surface area contributed by atoms with Crippen molar-refractivity contribution in [3.63, 3.8) is 0 Å². The lowest BCUT2D eigenvalue weighted by Gasteiger charge is -2.34. The minimum absolute atomic E-state index is 0.0367. The normalized spacial score (nSPS) is 19.6. The molecule has 1 amide bonds. The van der Waals surface area contributed by atoms with Crippen LogP contribution in [0, 0.1) is 0 Å². The number of piperazine rings is 1. The number of thiophene rings is 1. The van der Waals surface area contributed by atoms with Gasteiger partial charge in [0.15, 0.2) is 0 Å². The number of hydrogen-bond donors (Lipinski definition) is 1. The quantitative estimate of drug-likeness (QED) is 0.453. The summed E-state index contributed by atoms with van der Waals surface area (Å²) in [5.74, 6) is -4.16. The number of methoxy groups -OCH3 is 1. The molecule has 0 radical (unpaired) electrons. The van der Waals surface area contributed by atoms with Crippen LogP contribution in [0.25, 0.3) is 0 Å². The van der Waals surface area contributed by atoms with Crippen molar-refractivity contribution in [2.24, 2.45) is 0 Å². The number of benzene rings is 1. The second-order valence-corrected chi connectivity index (χ2v) is 9.16.